The summed E-state index contributed by atoms with van der Waals surface area (Å²) in [6.45, 7) is 2.31. The van der Waals surface area contributed by atoms with Crippen molar-refractivity contribution in [3.63, 3.8) is 0 Å². The number of aromatic nitrogens is 2. The van der Waals surface area contributed by atoms with Crippen molar-refractivity contribution < 1.29 is 0 Å². The Morgan fingerprint density at radius 1 is 0.909 bits per heavy atom. The van der Waals surface area contributed by atoms with Crippen LogP contribution >= 0.6 is 0 Å². The summed E-state index contributed by atoms with van der Waals surface area (Å²) in [5, 5.41) is 6.34. The highest BCUT2D eigenvalue weighted by Crippen LogP contribution is 2.52. The molecule has 2 aliphatic rings. The zero-order valence-electron chi connectivity index (χ0n) is 18.4. The van der Waals surface area contributed by atoms with Crippen LogP contribution in [0.4, 0.5) is 5.69 Å². The molecule has 0 saturated heterocycles. The molecule has 1 N–H and O–H groups in total. The third-order valence-electron chi connectivity index (χ3n) is 7.33. The summed E-state index contributed by atoms with van der Waals surface area (Å²) < 4.78 is 2.34. The van der Waals surface area contributed by atoms with Crippen LogP contribution in [0.3, 0.4) is 0 Å². The second kappa shape index (κ2) is 6.69. The van der Waals surface area contributed by atoms with E-state index in [4.69, 9.17) is 0 Å². The van der Waals surface area contributed by atoms with Crippen molar-refractivity contribution in [2.24, 2.45) is 0 Å². The van der Waals surface area contributed by atoms with Gasteiger partial charge in [-0.15, -0.1) is 0 Å². The first kappa shape index (κ1) is 18.5. The van der Waals surface area contributed by atoms with Crippen molar-refractivity contribution in [2.75, 3.05) is 5.32 Å². The van der Waals surface area contributed by atoms with E-state index in [1.54, 1.807) is 0 Å². The molecule has 2 aromatic heterocycles. The quantitative estimate of drug-likeness (QED) is 0.326. The highest BCUT2D eigenvalue weighted by Gasteiger charge is 2.47. The van der Waals surface area contributed by atoms with Crippen molar-refractivity contribution in [2.45, 2.75) is 18.4 Å². The number of benzene rings is 3. The van der Waals surface area contributed by atoms with Crippen molar-refractivity contribution in [3.05, 3.63) is 120 Å². The smallest absolute Gasteiger partial charge is 0.0861 e. The van der Waals surface area contributed by atoms with E-state index >= 15 is 0 Å². The number of rotatable bonds is 2. The lowest BCUT2D eigenvalue weighted by molar-refractivity contribution is 0.485. The standard InChI is InChI=1S/C30H23N3/c1-30-27(26-15-17-31-19-28(26)32-30)14-11-22-16-18-33(29(22)30)23-12-9-21(10-13-23)25-8-4-6-20-5-2-3-7-24(20)25/h2-19,27,32H,1H3. The van der Waals surface area contributed by atoms with Crippen LogP contribution in [0.5, 0.6) is 0 Å². The fourth-order valence-corrected chi connectivity index (χ4v) is 5.78. The number of hydrogen-bond donors (Lipinski definition) is 1. The Kier molecular flexibility index (Phi) is 3.74. The van der Waals surface area contributed by atoms with E-state index in [0.29, 0.717) is 0 Å². The molecule has 158 valence electrons. The second-order valence-electron chi connectivity index (χ2n) is 9.19. The van der Waals surface area contributed by atoms with Crippen LogP contribution in [0, 0.1) is 0 Å². The Bertz CT molecular complexity index is 1550. The first-order valence-electron chi connectivity index (χ1n) is 11.4. The van der Waals surface area contributed by atoms with Crippen LogP contribution in [-0.4, -0.2) is 9.55 Å². The lowest BCUT2D eigenvalue weighted by Crippen LogP contribution is -2.36. The average molecular weight is 426 g/mol. The van der Waals surface area contributed by atoms with Gasteiger partial charge in [-0.3, -0.25) is 4.98 Å². The summed E-state index contributed by atoms with van der Waals surface area (Å²) in [5.41, 5.74) is 8.46. The van der Waals surface area contributed by atoms with E-state index in [1.165, 1.54) is 44.4 Å². The van der Waals surface area contributed by atoms with Gasteiger partial charge in [0.05, 0.1) is 23.1 Å². The van der Waals surface area contributed by atoms with Gasteiger partial charge in [-0.2, -0.15) is 0 Å². The van der Waals surface area contributed by atoms with Gasteiger partial charge in [-0.05, 0) is 64.2 Å². The molecular formula is C30H23N3. The Labute approximate surface area is 193 Å². The predicted molar refractivity (Wildman–Crippen MR) is 136 cm³/mol. The summed E-state index contributed by atoms with van der Waals surface area (Å²) in [6.07, 6.45) is 10.6. The first-order valence-corrected chi connectivity index (χ1v) is 11.4. The van der Waals surface area contributed by atoms with Gasteiger partial charge in [0.15, 0.2) is 0 Å². The summed E-state index contributed by atoms with van der Waals surface area (Å²) >= 11 is 0. The van der Waals surface area contributed by atoms with E-state index in [2.05, 4.69) is 119 Å². The third-order valence-corrected chi connectivity index (χ3v) is 7.33. The first-order chi connectivity index (χ1) is 16.2. The van der Waals surface area contributed by atoms with Gasteiger partial charge in [-0.1, -0.05) is 66.7 Å². The molecule has 3 nitrogen and oxygen atoms in total. The van der Waals surface area contributed by atoms with Crippen LogP contribution < -0.4 is 5.32 Å². The highest BCUT2D eigenvalue weighted by atomic mass is 15.1. The molecule has 0 fully saturated rings. The zero-order chi connectivity index (χ0) is 22.0. The molecular weight excluding hydrogens is 402 g/mol. The molecule has 3 heteroatoms. The van der Waals surface area contributed by atoms with Gasteiger partial charge in [0.1, 0.15) is 0 Å². The van der Waals surface area contributed by atoms with Crippen LogP contribution in [0.15, 0.2) is 104 Å². The maximum atomic E-state index is 4.34. The van der Waals surface area contributed by atoms with Crippen LogP contribution in [0.2, 0.25) is 0 Å². The Hall–Kier alpha value is -4.11. The summed E-state index contributed by atoms with van der Waals surface area (Å²) in [4.78, 5) is 4.34. The Morgan fingerprint density at radius 3 is 2.67 bits per heavy atom. The van der Waals surface area contributed by atoms with E-state index in [9.17, 15) is 0 Å². The summed E-state index contributed by atoms with van der Waals surface area (Å²) in [6, 6.07) is 28.4. The monoisotopic (exact) mass is 425 g/mol. The van der Waals surface area contributed by atoms with Gasteiger partial charge >= 0.3 is 0 Å². The van der Waals surface area contributed by atoms with Crippen molar-refractivity contribution >= 4 is 22.5 Å². The van der Waals surface area contributed by atoms with Crippen LogP contribution in [-0.2, 0) is 5.54 Å². The fourth-order valence-electron chi connectivity index (χ4n) is 5.78. The minimum absolute atomic E-state index is 0.215. The van der Waals surface area contributed by atoms with Gasteiger partial charge in [0.2, 0.25) is 0 Å². The topological polar surface area (TPSA) is 29.9 Å². The molecule has 7 rings (SSSR count). The molecule has 0 saturated carbocycles. The Balaban J connectivity index is 1.32. The van der Waals surface area contributed by atoms with Crippen LogP contribution in [0.1, 0.15) is 29.7 Å². The predicted octanol–water partition coefficient (Wildman–Crippen LogP) is 7.14. The summed E-state index contributed by atoms with van der Waals surface area (Å²) in [7, 11) is 0. The lowest BCUT2D eigenvalue weighted by atomic mass is 9.77. The van der Waals surface area contributed by atoms with Crippen LogP contribution in [0.25, 0.3) is 33.7 Å². The molecule has 2 unspecified atom stereocenters. The van der Waals surface area contributed by atoms with E-state index in [0.717, 1.165) is 5.69 Å². The Morgan fingerprint density at radius 2 is 1.76 bits per heavy atom. The van der Waals surface area contributed by atoms with E-state index in [-0.39, 0.29) is 11.5 Å². The molecule has 0 spiro atoms. The molecule has 3 heterocycles. The fraction of sp³-hybridized carbons (Fsp3) is 0.100. The minimum Gasteiger partial charge on any atom is -0.372 e. The number of nitrogens with zero attached hydrogens (tertiary/aromatic N) is 2. The molecule has 2 atom stereocenters. The second-order valence-corrected chi connectivity index (χ2v) is 9.19. The normalized spacial score (nSPS) is 20.2. The van der Waals surface area contributed by atoms with E-state index in [1.807, 2.05) is 12.4 Å². The highest BCUT2D eigenvalue weighted by molar-refractivity contribution is 5.96. The van der Waals surface area contributed by atoms with Gasteiger partial charge in [-0.25, -0.2) is 0 Å². The number of nitrogens with one attached hydrogen (secondary N) is 1. The molecule has 1 aliphatic carbocycles. The maximum absolute atomic E-state index is 4.34. The number of hydrogen-bond acceptors (Lipinski definition) is 2. The third kappa shape index (κ3) is 2.59. The summed E-state index contributed by atoms with van der Waals surface area (Å²) in [5.74, 6) is 0.284. The molecule has 0 amide bonds. The van der Waals surface area contributed by atoms with Crippen molar-refractivity contribution in [3.8, 4) is 16.8 Å². The zero-order valence-corrected chi connectivity index (χ0v) is 18.4. The van der Waals surface area contributed by atoms with Crippen molar-refractivity contribution in [1.82, 2.24) is 9.55 Å². The SMILES string of the molecule is CC12Nc3cnccc3C1C=Cc1ccn(-c3ccc(-c4cccc5ccccc45)cc3)c12. The molecule has 3 aromatic carbocycles. The number of pyridine rings is 1. The largest absolute Gasteiger partial charge is 0.372 e. The van der Waals surface area contributed by atoms with Gasteiger partial charge in [0, 0.05) is 24.0 Å². The maximum Gasteiger partial charge on any atom is 0.0861 e. The van der Waals surface area contributed by atoms with Crippen molar-refractivity contribution in [1.29, 1.82) is 0 Å². The van der Waals surface area contributed by atoms with Gasteiger partial charge in [0.25, 0.3) is 0 Å². The molecule has 0 bridgehead atoms. The number of anilines is 1. The lowest BCUT2D eigenvalue weighted by Gasteiger charge is -2.35. The minimum atomic E-state index is -0.215. The average Bonchev–Trinajstić information content (AvgIpc) is 3.43. The molecule has 33 heavy (non-hydrogen) atoms. The van der Waals surface area contributed by atoms with E-state index < -0.39 is 0 Å². The molecule has 1 aliphatic heterocycles. The van der Waals surface area contributed by atoms with Gasteiger partial charge < -0.3 is 9.88 Å². The number of fused-ring (bicyclic) bond motifs is 6. The molecule has 5 aromatic rings. The molecule has 0 radical (unpaired) electrons.